The maximum atomic E-state index is 5.67. The molecule has 0 spiro atoms. The predicted octanol–water partition coefficient (Wildman–Crippen LogP) is 1.58. The average Bonchev–Trinajstić information content (AvgIpc) is 2.31. The van der Waals surface area contributed by atoms with Crippen molar-refractivity contribution in [3.05, 3.63) is 0 Å². The van der Waals surface area contributed by atoms with Crippen LogP contribution in [0.4, 0.5) is 0 Å². The lowest BCUT2D eigenvalue weighted by atomic mass is 10.00. The number of ether oxygens (including phenoxy) is 1. The van der Waals surface area contributed by atoms with E-state index in [-0.39, 0.29) is 0 Å². The number of terminal acetylenes is 1. The number of hydrogen-bond donors (Lipinski definition) is 2. The zero-order valence-electron chi connectivity index (χ0n) is 9.37. The third kappa shape index (κ3) is 5.17. The van der Waals surface area contributed by atoms with E-state index in [1.807, 2.05) is 0 Å². The van der Waals surface area contributed by atoms with Gasteiger partial charge in [-0.3, -0.25) is 11.3 Å². The Morgan fingerprint density at radius 2 is 2.33 bits per heavy atom. The number of hydrogen-bond acceptors (Lipinski definition) is 3. The van der Waals surface area contributed by atoms with Crippen LogP contribution in [0.2, 0.25) is 0 Å². The smallest absolute Gasteiger partial charge is 0.0575 e. The quantitative estimate of drug-likeness (QED) is 0.397. The third-order valence-corrected chi connectivity index (χ3v) is 2.98. The molecular formula is C12H22N2O. The van der Waals surface area contributed by atoms with Crippen molar-refractivity contribution in [2.24, 2.45) is 5.84 Å². The molecule has 0 aromatic rings. The molecule has 2 atom stereocenters. The van der Waals surface area contributed by atoms with E-state index in [2.05, 4.69) is 11.3 Å². The summed E-state index contributed by atoms with van der Waals surface area (Å²) in [5.74, 6) is 8.11. The van der Waals surface area contributed by atoms with Gasteiger partial charge in [0.2, 0.25) is 0 Å². The minimum atomic E-state index is 0.339. The summed E-state index contributed by atoms with van der Waals surface area (Å²) in [6, 6.07) is 0.339. The first kappa shape index (κ1) is 12.5. The van der Waals surface area contributed by atoms with Crippen LogP contribution in [0.1, 0.15) is 44.9 Å². The van der Waals surface area contributed by atoms with Crippen molar-refractivity contribution < 1.29 is 4.74 Å². The van der Waals surface area contributed by atoms with Crippen LogP contribution in [0, 0.1) is 12.3 Å². The van der Waals surface area contributed by atoms with Crippen LogP contribution in [0.25, 0.3) is 0 Å². The van der Waals surface area contributed by atoms with Crippen LogP contribution in [0.15, 0.2) is 0 Å². The van der Waals surface area contributed by atoms with Crippen LogP contribution in [0.5, 0.6) is 0 Å². The number of rotatable bonds is 6. The van der Waals surface area contributed by atoms with Gasteiger partial charge in [0.25, 0.3) is 0 Å². The second-order valence-electron chi connectivity index (χ2n) is 4.17. The molecule has 0 radical (unpaired) electrons. The molecule has 1 fully saturated rings. The van der Waals surface area contributed by atoms with Gasteiger partial charge < -0.3 is 4.74 Å². The molecule has 15 heavy (non-hydrogen) atoms. The normalized spacial score (nSPS) is 23.3. The van der Waals surface area contributed by atoms with Gasteiger partial charge in [-0.25, -0.2) is 0 Å². The largest absolute Gasteiger partial charge is 0.378 e. The molecule has 3 nitrogen and oxygen atoms in total. The van der Waals surface area contributed by atoms with E-state index in [1.165, 1.54) is 19.3 Å². The van der Waals surface area contributed by atoms with Gasteiger partial charge in [0.05, 0.1) is 6.10 Å². The summed E-state index contributed by atoms with van der Waals surface area (Å²) in [5.41, 5.74) is 2.83. The Balaban J connectivity index is 2.12. The van der Waals surface area contributed by atoms with Crippen LogP contribution < -0.4 is 11.3 Å². The number of nitrogens with one attached hydrogen (secondary N) is 1. The minimum Gasteiger partial charge on any atom is -0.378 e. The molecular weight excluding hydrogens is 188 g/mol. The average molecular weight is 210 g/mol. The van der Waals surface area contributed by atoms with Crippen LogP contribution in [0.3, 0.4) is 0 Å². The van der Waals surface area contributed by atoms with Crippen molar-refractivity contribution in [3.63, 3.8) is 0 Å². The maximum Gasteiger partial charge on any atom is 0.0575 e. The molecule has 2 unspecified atom stereocenters. The Hall–Kier alpha value is -0.560. The molecule has 1 heterocycles. The molecule has 86 valence electrons. The minimum absolute atomic E-state index is 0.339. The van der Waals surface area contributed by atoms with E-state index >= 15 is 0 Å². The lowest BCUT2D eigenvalue weighted by molar-refractivity contribution is 0.00847. The Labute approximate surface area is 92.7 Å². The topological polar surface area (TPSA) is 47.3 Å². The molecule has 1 rings (SSSR count). The van der Waals surface area contributed by atoms with E-state index in [1.54, 1.807) is 0 Å². The fourth-order valence-corrected chi connectivity index (χ4v) is 1.99. The number of hydrazine groups is 1. The molecule has 0 amide bonds. The van der Waals surface area contributed by atoms with E-state index in [9.17, 15) is 0 Å². The number of nitrogens with two attached hydrogens (primary N) is 1. The summed E-state index contributed by atoms with van der Waals surface area (Å²) in [4.78, 5) is 0. The van der Waals surface area contributed by atoms with Crippen molar-refractivity contribution in [2.45, 2.75) is 57.1 Å². The van der Waals surface area contributed by atoms with Gasteiger partial charge in [-0.2, -0.15) is 0 Å². The van der Waals surface area contributed by atoms with E-state index in [0.29, 0.717) is 12.1 Å². The molecule has 0 aromatic carbocycles. The van der Waals surface area contributed by atoms with E-state index in [0.717, 1.165) is 32.3 Å². The first-order valence-electron chi connectivity index (χ1n) is 5.88. The molecule has 0 aliphatic carbocycles. The van der Waals surface area contributed by atoms with Crippen LogP contribution in [-0.2, 0) is 4.74 Å². The summed E-state index contributed by atoms with van der Waals surface area (Å²) >= 11 is 0. The van der Waals surface area contributed by atoms with Crippen molar-refractivity contribution in [1.29, 1.82) is 0 Å². The fourth-order valence-electron chi connectivity index (χ4n) is 1.99. The molecule has 0 saturated carbocycles. The molecule has 1 aliphatic rings. The van der Waals surface area contributed by atoms with Gasteiger partial charge >= 0.3 is 0 Å². The van der Waals surface area contributed by atoms with Gasteiger partial charge in [-0.05, 0) is 38.5 Å². The fraction of sp³-hybridized carbons (Fsp3) is 0.833. The summed E-state index contributed by atoms with van der Waals surface area (Å²) in [6.07, 6.45) is 13.3. The zero-order chi connectivity index (χ0) is 10.9. The van der Waals surface area contributed by atoms with Gasteiger partial charge in [-0.1, -0.05) is 0 Å². The molecule has 3 N–H and O–H groups in total. The second-order valence-corrected chi connectivity index (χ2v) is 4.17. The van der Waals surface area contributed by atoms with Crippen LogP contribution in [-0.4, -0.2) is 18.8 Å². The predicted molar refractivity (Wildman–Crippen MR) is 62.0 cm³/mol. The van der Waals surface area contributed by atoms with Crippen molar-refractivity contribution >= 4 is 0 Å². The SMILES string of the molecule is C#CCCC(CCC1CCCCO1)NN. The summed E-state index contributed by atoms with van der Waals surface area (Å²) in [5, 5.41) is 0. The highest BCUT2D eigenvalue weighted by molar-refractivity contribution is 4.85. The molecule has 1 saturated heterocycles. The van der Waals surface area contributed by atoms with Gasteiger partial charge in [0.1, 0.15) is 0 Å². The molecule has 0 bridgehead atoms. The monoisotopic (exact) mass is 210 g/mol. The second kappa shape index (κ2) is 7.70. The Morgan fingerprint density at radius 1 is 1.47 bits per heavy atom. The zero-order valence-corrected chi connectivity index (χ0v) is 9.37. The Kier molecular flexibility index (Phi) is 6.42. The van der Waals surface area contributed by atoms with Gasteiger partial charge in [0, 0.05) is 19.1 Å². The molecule has 1 aliphatic heterocycles. The van der Waals surface area contributed by atoms with Gasteiger partial charge in [0.15, 0.2) is 0 Å². The highest BCUT2D eigenvalue weighted by atomic mass is 16.5. The molecule has 0 aromatic heterocycles. The van der Waals surface area contributed by atoms with E-state index < -0.39 is 0 Å². The third-order valence-electron chi connectivity index (χ3n) is 2.98. The summed E-state index contributed by atoms with van der Waals surface area (Å²) in [7, 11) is 0. The highest BCUT2D eigenvalue weighted by Crippen LogP contribution is 2.18. The Bertz CT molecular complexity index is 194. The van der Waals surface area contributed by atoms with Crippen LogP contribution >= 0.6 is 0 Å². The first-order valence-corrected chi connectivity index (χ1v) is 5.88. The van der Waals surface area contributed by atoms with Gasteiger partial charge in [-0.15, -0.1) is 12.3 Å². The summed E-state index contributed by atoms with van der Waals surface area (Å²) < 4.78 is 5.67. The first-order chi connectivity index (χ1) is 7.36. The van der Waals surface area contributed by atoms with E-state index in [4.69, 9.17) is 17.0 Å². The van der Waals surface area contributed by atoms with Crippen molar-refractivity contribution in [2.75, 3.05) is 6.61 Å². The summed E-state index contributed by atoms with van der Waals surface area (Å²) in [6.45, 7) is 0.926. The molecule has 3 heteroatoms. The standard InChI is InChI=1S/C12H22N2O/c1-2-3-6-11(14-13)8-9-12-7-4-5-10-15-12/h1,11-12,14H,3-10,13H2. The Morgan fingerprint density at radius 3 is 2.93 bits per heavy atom. The lowest BCUT2D eigenvalue weighted by Crippen LogP contribution is -2.36. The lowest BCUT2D eigenvalue weighted by Gasteiger charge is -2.24. The maximum absolute atomic E-state index is 5.67. The highest BCUT2D eigenvalue weighted by Gasteiger charge is 2.15. The van der Waals surface area contributed by atoms with Crippen molar-refractivity contribution in [1.82, 2.24) is 5.43 Å². The van der Waals surface area contributed by atoms with Crippen molar-refractivity contribution in [3.8, 4) is 12.3 Å².